The summed E-state index contributed by atoms with van der Waals surface area (Å²) in [5.41, 5.74) is 3.31. The summed E-state index contributed by atoms with van der Waals surface area (Å²) in [6.45, 7) is 3.99. The van der Waals surface area contributed by atoms with Gasteiger partial charge in [-0.15, -0.1) is 0 Å². The second-order valence-corrected chi connectivity index (χ2v) is 5.95. The maximum absolute atomic E-state index is 5.44. The molecular weight excluding hydrogens is 314 g/mol. The lowest BCUT2D eigenvalue weighted by atomic mass is 10.2. The first-order valence-corrected chi connectivity index (χ1v) is 8.51. The maximum Gasteiger partial charge on any atom is 0.152 e. The van der Waals surface area contributed by atoms with Crippen LogP contribution in [0.4, 0.5) is 11.5 Å². The fourth-order valence-electron chi connectivity index (χ4n) is 2.99. The van der Waals surface area contributed by atoms with Gasteiger partial charge in [0.1, 0.15) is 0 Å². The highest BCUT2D eigenvalue weighted by Gasteiger charge is 2.15. The van der Waals surface area contributed by atoms with Gasteiger partial charge in [-0.3, -0.25) is 0 Å². The predicted octanol–water partition coefficient (Wildman–Crippen LogP) is 2.72. The lowest BCUT2D eigenvalue weighted by Gasteiger charge is -2.29. The Morgan fingerprint density at radius 1 is 1.04 bits per heavy atom. The summed E-state index contributed by atoms with van der Waals surface area (Å²) in [5, 5.41) is 7.81. The smallest absolute Gasteiger partial charge is 0.152 e. The molecule has 0 spiro atoms. The zero-order valence-electron chi connectivity index (χ0n) is 14.0. The zero-order chi connectivity index (χ0) is 16.9. The van der Waals surface area contributed by atoms with Crippen molar-refractivity contribution in [2.75, 3.05) is 36.5 Å². The summed E-state index contributed by atoms with van der Waals surface area (Å²) in [6.07, 6.45) is 5.58. The van der Waals surface area contributed by atoms with E-state index in [0.29, 0.717) is 0 Å². The minimum Gasteiger partial charge on any atom is -0.378 e. The van der Waals surface area contributed by atoms with Crippen molar-refractivity contribution in [1.29, 1.82) is 0 Å². The zero-order valence-corrected chi connectivity index (χ0v) is 14.0. The number of hydrogen-bond acceptors (Lipinski definition) is 5. The van der Waals surface area contributed by atoms with E-state index in [4.69, 9.17) is 4.74 Å². The summed E-state index contributed by atoms with van der Waals surface area (Å²) in [7, 11) is 0. The van der Waals surface area contributed by atoms with Gasteiger partial charge < -0.3 is 15.0 Å². The van der Waals surface area contributed by atoms with Crippen molar-refractivity contribution >= 4 is 11.5 Å². The largest absolute Gasteiger partial charge is 0.378 e. The number of hydrogen-bond donors (Lipinski definition) is 1. The predicted molar refractivity (Wildman–Crippen MR) is 98.2 cm³/mol. The van der Waals surface area contributed by atoms with Gasteiger partial charge in [-0.05, 0) is 35.9 Å². The molecule has 1 saturated heterocycles. The van der Waals surface area contributed by atoms with Crippen molar-refractivity contribution in [3.05, 3.63) is 66.6 Å². The topological polar surface area (TPSA) is 55.2 Å². The fraction of sp³-hybridized carbons (Fsp3) is 0.263. The van der Waals surface area contributed by atoms with E-state index in [2.05, 4.69) is 50.6 Å². The first-order valence-electron chi connectivity index (χ1n) is 8.51. The van der Waals surface area contributed by atoms with Crippen LogP contribution in [-0.4, -0.2) is 41.1 Å². The molecule has 3 aromatic rings. The number of benzene rings is 1. The SMILES string of the molecule is c1cc(CNc2cccnc2N2CCOCC2)cc(-n2cccn2)c1. The molecule has 1 N–H and O–H groups in total. The highest BCUT2D eigenvalue weighted by Crippen LogP contribution is 2.24. The Hall–Kier alpha value is -2.86. The average Bonchev–Trinajstić information content (AvgIpc) is 3.22. The number of ether oxygens (including phenoxy) is 1. The van der Waals surface area contributed by atoms with Gasteiger partial charge in [0.2, 0.25) is 0 Å². The molecule has 0 saturated carbocycles. The first kappa shape index (κ1) is 15.7. The van der Waals surface area contributed by atoms with Crippen molar-refractivity contribution in [1.82, 2.24) is 14.8 Å². The van der Waals surface area contributed by atoms with Crippen LogP contribution < -0.4 is 10.2 Å². The molecule has 3 heterocycles. The van der Waals surface area contributed by atoms with Crippen LogP contribution in [0.25, 0.3) is 5.69 Å². The Morgan fingerprint density at radius 3 is 2.80 bits per heavy atom. The number of anilines is 2. The normalized spacial score (nSPS) is 14.5. The van der Waals surface area contributed by atoms with Crippen molar-refractivity contribution in [2.24, 2.45) is 0 Å². The number of aromatic nitrogens is 3. The standard InChI is InChI=1S/C19H21N5O/c1-4-16(14-17(5-1)24-9-3-8-22-24)15-21-18-6-2-7-20-19(18)23-10-12-25-13-11-23/h1-9,14,21H,10-13,15H2. The Balaban J connectivity index is 1.49. The van der Waals surface area contributed by atoms with Gasteiger partial charge in [-0.2, -0.15) is 5.10 Å². The highest BCUT2D eigenvalue weighted by molar-refractivity contribution is 5.65. The molecule has 6 heteroatoms. The average molecular weight is 335 g/mol. The summed E-state index contributed by atoms with van der Waals surface area (Å²) < 4.78 is 7.31. The van der Waals surface area contributed by atoms with Crippen LogP contribution in [0.3, 0.4) is 0 Å². The molecule has 1 aromatic carbocycles. The van der Waals surface area contributed by atoms with E-state index >= 15 is 0 Å². The molecule has 0 radical (unpaired) electrons. The van der Waals surface area contributed by atoms with Crippen LogP contribution in [0.2, 0.25) is 0 Å². The monoisotopic (exact) mass is 335 g/mol. The van der Waals surface area contributed by atoms with E-state index in [1.54, 1.807) is 6.20 Å². The second-order valence-electron chi connectivity index (χ2n) is 5.95. The molecule has 128 valence electrons. The van der Waals surface area contributed by atoms with Crippen molar-refractivity contribution in [3.8, 4) is 5.69 Å². The fourth-order valence-corrected chi connectivity index (χ4v) is 2.99. The summed E-state index contributed by atoms with van der Waals surface area (Å²) in [5.74, 6) is 0.994. The summed E-state index contributed by atoms with van der Waals surface area (Å²) >= 11 is 0. The summed E-state index contributed by atoms with van der Waals surface area (Å²) in [4.78, 5) is 6.84. The number of nitrogens with one attached hydrogen (secondary N) is 1. The maximum atomic E-state index is 5.44. The van der Waals surface area contributed by atoms with Gasteiger partial charge >= 0.3 is 0 Å². The molecule has 1 fully saturated rings. The van der Waals surface area contributed by atoms with E-state index in [-0.39, 0.29) is 0 Å². The molecular formula is C19H21N5O. The molecule has 0 bridgehead atoms. The van der Waals surface area contributed by atoms with Crippen molar-refractivity contribution in [3.63, 3.8) is 0 Å². The van der Waals surface area contributed by atoms with Gasteiger partial charge in [0.15, 0.2) is 5.82 Å². The number of morpholine rings is 1. The van der Waals surface area contributed by atoms with E-state index in [0.717, 1.165) is 50.0 Å². The van der Waals surface area contributed by atoms with Crippen molar-refractivity contribution in [2.45, 2.75) is 6.54 Å². The van der Waals surface area contributed by atoms with Crippen LogP contribution >= 0.6 is 0 Å². The first-order chi connectivity index (χ1) is 12.4. The molecule has 0 amide bonds. The second kappa shape index (κ2) is 7.36. The molecule has 25 heavy (non-hydrogen) atoms. The molecule has 1 aliphatic heterocycles. The summed E-state index contributed by atoms with van der Waals surface area (Å²) in [6, 6.07) is 14.3. The molecule has 0 unspecified atom stereocenters. The van der Waals surface area contributed by atoms with Gasteiger partial charge in [0, 0.05) is 38.2 Å². The molecule has 2 aromatic heterocycles. The quantitative estimate of drug-likeness (QED) is 0.777. The number of pyridine rings is 1. The minimum atomic E-state index is 0.734. The van der Waals surface area contributed by atoms with Crippen molar-refractivity contribution < 1.29 is 4.74 Å². The molecule has 1 aliphatic rings. The molecule has 6 nitrogen and oxygen atoms in total. The third kappa shape index (κ3) is 3.64. The lowest BCUT2D eigenvalue weighted by Crippen LogP contribution is -2.37. The Morgan fingerprint density at radius 2 is 1.96 bits per heavy atom. The minimum absolute atomic E-state index is 0.734. The Kier molecular flexibility index (Phi) is 4.61. The number of rotatable bonds is 5. The van der Waals surface area contributed by atoms with Crippen LogP contribution in [0, 0.1) is 0 Å². The van der Waals surface area contributed by atoms with Gasteiger partial charge in [-0.25, -0.2) is 9.67 Å². The Labute approximate surface area is 147 Å². The van der Waals surface area contributed by atoms with E-state index in [1.807, 2.05) is 29.2 Å². The molecule has 4 rings (SSSR count). The van der Waals surface area contributed by atoms with Crippen LogP contribution in [0.15, 0.2) is 61.1 Å². The van der Waals surface area contributed by atoms with Gasteiger partial charge in [-0.1, -0.05) is 12.1 Å². The van der Waals surface area contributed by atoms with Crippen LogP contribution in [-0.2, 0) is 11.3 Å². The Bertz CT molecular complexity index is 812. The van der Waals surface area contributed by atoms with E-state index in [9.17, 15) is 0 Å². The van der Waals surface area contributed by atoms with E-state index < -0.39 is 0 Å². The third-order valence-corrected chi connectivity index (χ3v) is 4.26. The van der Waals surface area contributed by atoms with E-state index in [1.165, 1.54) is 5.56 Å². The van der Waals surface area contributed by atoms with Crippen LogP contribution in [0.1, 0.15) is 5.56 Å². The molecule has 0 atom stereocenters. The molecule has 0 aliphatic carbocycles. The lowest BCUT2D eigenvalue weighted by molar-refractivity contribution is 0.122. The van der Waals surface area contributed by atoms with Gasteiger partial charge in [0.25, 0.3) is 0 Å². The number of nitrogens with zero attached hydrogens (tertiary/aromatic N) is 4. The van der Waals surface area contributed by atoms with Gasteiger partial charge in [0.05, 0.1) is 24.6 Å². The highest BCUT2D eigenvalue weighted by atomic mass is 16.5. The van der Waals surface area contributed by atoms with Crippen LogP contribution in [0.5, 0.6) is 0 Å². The third-order valence-electron chi connectivity index (χ3n) is 4.26.